The van der Waals surface area contributed by atoms with Crippen LogP contribution in [-0.2, 0) is 10.0 Å². The number of carbonyl (C=O) groups is 1. The summed E-state index contributed by atoms with van der Waals surface area (Å²) in [5.74, 6) is -0.262. The van der Waals surface area contributed by atoms with Gasteiger partial charge in [0.15, 0.2) is 0 Å². The highest BCUT2D eigenvalue weighted by molar-refractivity contribution is 7.89. The Morgan fingerprint density at radius 3 is 2.62 bits per heavy atom. The molecule has 0 spiro atoms. The molecule has 24 heavy (non-hydrogen) atoms. The fourth-order valence-corrected chi connectivity index (χ4v) is 4.70. The van der Waals surface area contributed by atoms with E-state index >= 15 is 0 Å². The largest absolute Gasteiger partial charge is 0.396 e. The quantitative estimate of drug-likeness (QED) is 0.758. The molecule has 2 rings (SSSR count). The van der Waals surface area contributed by atoms with Gasteiger partial charge in [-0.25, -0.2) is 8.42 Å². The second kappa shape index (κ2) is 7.46. The van der Waals surface area contributed by atoms with Crippen LogP contribution in [-0.4, -0.2) is 50.5 Å². The summed E-state index contributed by atoms with van der Waals surface area (Å²) in [6.45, 7) is 4.34. The van der Waals surface area contributed by atoms with Crippen LogP contribution in [0.1, 0.15) is 29.6 Å². The molecule has 1 atom stereocenters. The number of carbonyl (C=O) groups excluding carboxylic acids is 1. The molecule has 1 fully saturated rings. The summed E-state index contributed by atoms with van der Waals surface area (Å²) in [5, 5.41) is 12.2. The molecule has 132 valence electrons. The summed E-state index contributed by atoms with van der Waals surface area (Å²) in [7, 11) is -2.13. The monoisotopic (exact) mass is 352 g/mol. The number of nitrogens with zero attached hydrogens (tertiary/aromatic N) is 1. The van der Waals surface area contributed by atoms with E-state index in [9.17, 15) is 18.3 Å². The molecule has 7 heteroatoms. The highest BCUT2D eigenvalue weighted by Crippen LogP contribution is 2.35. The molecule has 0 aromatic heterocycles. The first kappa shape index (κ1) is 18.6. The van der Waals surface area contributed by atoms with E-state index in [2.05, 4.69) is 11.9 Å². The second-order valence-corrected chi connectivity index (χ2v) is 8.13. The zero-order chi connectivity index (χ0) is 17.8. The lowest BCUT2D eigenvalue weighted by molar-refractivity contribution is 0.0669. The Hall–Kier alpha value is -1.70. The Kier molecular flexibility index (Phi) is 5.79. The average Bonchev–Trinajstić information content (AvgIpc) is 2.61. The number of hydrogen-bond donors (Lipinski definition) is 2. The highest BCUT2D eigenvalue weighted by atomic mass is 32.2. The molecule has 1 heterocycles. The van der Waals surface area contributed by atoms with Gasteiger partial charge < -0.3 is 10.4 Å². The van der Waals surface area contributed by atoms with Crippen molar-refractivity contribution in [3.05, 3.63) is 42.5 Å². The van der Waals surface area contributed by atoms with Crippen molar-refractivity contribution in [1.82, 2.24) is 9.62 Å². The van der Waals surface area contributed by atoms with E-state index in [1.807, 2.05) is 0 Å². The van der Waals surface area contributed by atoms with Crippen LogP contribution in [0.15, 0.2) is 41.8 Å². The minimum atomic E-state index is -3.65. The molecule has 0 unspecified atom stereocenters. The Morgan fingerprint density at radius 2 is 2.08 bits per heavy atom. The smallest absolute Gasteiger partial charge is 0.251 e. The zero-order valence-corrected chi connectivity index (χ0v) is 14.7. The van der Waals surface area contributed by atoms with Crippen molar-refractivity contribution < 1.29 is 18.3 Å². The van der Waals surface area contributed by atoms with E-state index in [1.165, 1.54) is 35.6 Å². The normalized spacial score (nSPS) is 22.1. The minimum absolute atomic E-state index is 0.0688. The Labute approximate surface area is 143 Å². The Bertz CT molecular complexity index is 700. The molecule has 1 aliphatic rings. The number of aliphatic hydroxyl groups excluding tert-OH is 1. The van der Waals surface area contributed by atoms with Gasteiger partial charge >= 0.3 is 0 Å². The van der Waals surface area contributed by atoms with Crippen molar-refractivity contribution in [3.8, 4) is 0 Å². The van der Waals surface area contributed by atoms with Gasteiger partial charge in [-0.05, 0) is 43.5 Å². The summed E-state index contributed by atoms with van der Waals surface area (Å²) < 4.78 is 27.1. The number of nitrogens with one attached hydrogen (secondary N) is 1. The van der Waals surface area contributed by atoms with Crippen molar-refractivity contribution in [2.45, 2.75) is 24.2 Å². The van der Waals surface area contributed by atoms with Crippen molar-refractivity contribution >= 4 is 15.9 Å². The second-order valence-electron chi connectivity index (χ2n) is 6.20. The third-order valence-electron chi connectivity index (χ3n) is 4.52. The lowest BCUT2D eigenvalue weighted by Gasteiger charge is -2.40. The molecule has 6 nitrogen and oxygen atoms in total. The van der Waals surface area contributed by atoms with Gasteiger partial charge in [-0.2, -0.15) is 4.31 Å². The van der Waals surface area contributed by atoms with Crippen molar-refractivity contribution in [2.75, 3.05) is 26.7 Å². The van der Waals surface area contributed by atoms with Gasteiger partial charge in [0.05, 0.1) is 11.5 Å². The van der Waals surface area contributed by atoms with Gasteiger partial charge in [0.2, 0.25) is 10.0 Å². The summed E-state index contributed by atoms with van der Waals surface area (Å²) in [4.78, 5) is 11.7. The topological polar surface area (TPSA) is 86.7 Å². The van der Waals surface area contributed by atoms with Gasteiger partial charge in [-0.1, -0.05) is 6.08 Å². The molecule has 1 aromatic carbocycles. The van der Waals surface area contributed by atoms with E-state index in [0.717, 1.165) is 6.42 Å². The number of allylic oxidation sites excluding steroid dienone is 1. The number of amides is 1. The fraction of sp³-hybridized carbons (Fsp3) is 0.471. The number of rotatable bonds is 6. The lowest BCUT2D eigenvalue weighted by atomic mass is 9.79. The number of benzene rings is 1. The predicted octanol–water partition coefficient (Wildman–Crippen LogP) is 1.39. The highest BCUT2D eigenvalue weighted by Gasteiger charge is 2.39. The standard InChI is InChI=1S/C17H24N2O4S/c1-3-9-17(13-20)10-4-11-19(12-17)24(22,23)15-7-5-14(6-8-15)16(21)18-2/h3,5-8,20H,1,4,9-13H2,2H3,(H,18,21)/t17-/m1/s1. The summed E-state index contributed by atoms with van der Waals surface area (Å²) in [5.41, 5.74) is -0.0544. The first-order valence-corrected chi connectivity index (χ1v) is 9.36. The molecular weight excluding hydrogens is 328 g/mol. The van der Waals surface area contributed by atoms with Crippen LogP contribution in [0.25, 0.3) is 0 Å². The Morgan fingerprint density at radius 1 is 1.42 bits per heavy atom. The summed E-state index contributed by atoms with van der Waals surface area (Å²) in [6, 6.07) is 5.89. The van der Waals surface area contributed by atoms with Gasteiger partial charge in [0.1, 0.15) is 0 Å². The van der Waals surface area contributed by atoms with Crippen molar-refractivity contribution in [3.63, 3.8) is 0 Å². The van der Waals surface area contributed by atoms with Crippen LogP contribution in [0.5, 0.6) is 0 Å². The molecular formula is C17H24N2O4S. The molecule has 0 aliphatic carbocycles. The van der Waals surface area contributed by atoms with Gasteiger partial charge in [-0.3, -0.25) is 4.79 Å². The molecule has 0 bridgehead atoms. The van der Waals surface area contributed by atoms with Crippen molar-refractivity contribution in [2.24, 2.45) is 5.41 Å². The Balaban J connectivity index is 2.26. The SMILES string of the molecule is C=CC[C@@]1(CO)CCCN(S(=O)(=O)c2ccc(C(=O)NC)cc2)C1. The van der Waals surface area contributed by atoms with Crippen LogP contribution < -0.4 is 5.32 Å². The molecule has 0 saturated carbocycles. The molecule has 0 radical (unpaired) electrons. The van der Waals surface area contributed by atoms with Gasteiger partial charge in [0.25, 0.3) is 5.91 Å². The van der Waals surface area contributed by atoms with Crippen LogP contribution >= 0.6 is 0 Å². The van der Waals surface area contributed by atoms with Gasteiger partial charge in [-0.15, -0.1) is 6.58 Å². The molecule has 1 aromatic rings. The van der Waals surface area contributed by atoms with E-state index in [1.54, 1.807) is 6.08 Å². The lowest BCUT2D eigenvalue weighted by Crippen LogP contribution is -2.47. The maximum Gasteiger partial charge on any atom is 0.251 e. The first-order valence-electron chi connectivity index (χ1n) is 7.92. The third-order valence-corrected chi connectivity index (χ3v) is 6.38. The van der Waals surface area contributed by atoms with Crippen LogP contribution in [0.4, 0.5) is 0 Å². The van der Waals surface area contributed by atoms with Crippen LogP contribution in [0.3, 0.4) is 0 Å². The number of aliphatic hydroxyl groups is 1. The van der Waals surface area contributed by atoms with Crippen LogP contribution in [0, 0.1) is 5.41 Å². The van der Waals surface area contributed by atoms with E-state index in [4.69, 9.17) is 0 Å². The number of sulfonamides is 1. The van der Waals surface area contributed by atoms with E-state index in [-0.39, 0.29) is 24.0 Å². The molecule has 1 saturated heterocycles. The predicted molar refractivity (Wildman–Crippen MR) is 92.2 cm³/mol. The van der Waals surface area contributed by atoms with E-state index < -0.39 is 15.4 Å². The number of piperidine rings is 1. The average molecular weight is 352 g/mol. The van der Waals surface area contributed by atoms with Crippen molar-refractivity contribution in [1.29, 1.82) is 0 Å². The molecule has 1 amide bonds. The maximum absolute atomic E-state index is 12.9. The van der Waals surface area contributed by atoms with E-state index in [0.29, 0.717) is 24.9 Å². The molecule has 2 N–H and O–H groups in total. The van der Waals surface area contributed by atoms with Crippen LogP contribution in [0.2, 0.25) is 0 Å². The first-order chi connectivity index (χ1) is 11.4. The third kappa shape index (κ3) is 3.68. The minimum Gasteiger partial charge on any atom is -0.396 e. The number of hydrogen-bond acceptors (Lipinski definition) is 4. The van der Waals surface area contributed by atoms with Gasteiger partial charge in [0, 0.05) is 31.1 Å². The maximum atomic E-state index is 12.9. The summed E-state index contributed by atoms with van der Waals surface area (Å²) >= 11 is 0. The summed E-state index contributed by atoms with van der Waals surface area (Å²) in [6.07, 6.45) is 3.77. The molecule has 1 aliphatic heterocycles. The fourth-order valence-electron chi connectivity index (χ4n) is 3.11. The zero-order valence-electron chi connectivity index (χ0n) is 13.9.